The average molecular weight is 428 g/mol. The van der Waals surface area contributed by atoms with E-state index in [0.29, 0.717) is 18.1 Å². The van der Waals surface area contributed by atoms with Crippen LogP contribution >= 0.6 is 11.3 Å². The maximum absolute atomic E-state index is 13.0. The molecule has 0 radical (unpaired) electrons. The lowest BCUT2D eigenvalue weighted by Crippen LogP contribution is -2.39. The minimum atomic E-state index is -4.55. The molecule has 1 aromatic heterocycles. The van der Waals surface area contributed by atoms with E-state index in [9.17, 15) is 22.8 Å². The van der Waals surface area contributed by atoms with Gasteiger partial charge < -0.3 is 15.1 Å². The van der Waals surface area contributed by atoms with Gasteiger partial charge in [-0.15, -0.1) is 11.3 Å². The number of hydrogen-bond acceptors (Lipinski definition) is 5. The topological polar surface area (TPSA) is 65.5 Å². The molecule has 2 rings (SSSR count). The van der Waals surface area contributed by atoms with Gasteiger partial charge in [0.1, 0.15) is 6.54 Å². The highest BCUT2D eigenvalue weighted by Crippen LogP contribution is 2.29. The lowest BCUT2D eigenvalue weighted by atomic mass is 10.1. The van der Waals surface area contributed by atoms with Gasteiger partial charge in [-0.2, -0.15) is 13.2 Å². The fourth-order valence-electron chi connectivity index (χ4n) is 2.58. The van der Waals surface area contributed by atoms with Gasteiger partial charge in [0.15, 0.2) is 5.13 Å². The highest BCUT2D eigenvalue weighted by atomic mass is 32.1. The Labute approximate surface area is 171 Å². The van der Waals surface area contributed by atoms with E-state index in [2.05, 4.69) is 10.3 Å². The zero-order valence-corrected chi connectivity index (χ0v) is 17.2. The third-order valence-electron chi connectivity index (χ3n) is 3.96. The molecule has 1 aromatic carbocycles. The monoisotopic (exact) mass is 428 g/mol. The summed E-state index contributed by atoms with van der Waals surface area (Å²) in [6, 6.07) is 4.22. The molecular formula is C19H23F3N4O2S. The first kappa shape index (κ1) is 22.8. The summed E-state index contributed by atoms with van der Waals surface area (Å²) in [7, 11) is 3.74. The number of thiazole rings is 1. The third-order valence-corrected chi connectivity index (χ3v) is 4.83. The van der Waals surface area contributed by atoms with Crippen molar-refractivity contribution >= 4 is 28.3 Å². The third kappa shape index (κ3) is 7.13. The normalized spacial score (nSPS) is 11.6. The number of halogens is 3. The molecule has 2 amide bonds. The summed E-state index contributed by atoms with van der Waals surface area (Å²) in [5.41, 5.74) is -0.255. The second kappa shape index (κ2) is 9.84. The van der Waals surface area contributed by atoms with Crippen molar-refractivity contribution in [3.8, 4) is 0 Å². The minimum absolute atomic E-state index is 0.109. The van der Waals surface area contributed by atoms with Gasteiger partial charge in [0.05, 0.1) is 11.3 Å². The molecule has 0 fully saturated rings. The molecule has 1 heterocycles. The van der Waals surface area contributed by atoms with Crippen LogP contribution in [-0.4, -0.2) is 60.3 Å². The molecular weight excluding hydrogens is 405 g/mol. The summed E-state index contributed by atoms with van der Waals surface area (Å²) in [6.45, 7) is 2.41. The van der Waals surface area contributed by atoms with Crippen LogP contribution in [0.3, 0.4) is 0 Å². The number of aromatic nitrogens is 1. The van der Waals surface area contributed by atoms with Gasteiger partial charge in [-0.05, 0) is 52.2 Å². The fourth-order valence-corrected chi connectivity index (χ4v) is 3.29. The van der Waals surface area contributed by atoms with Crippen LogP contribution in [-0.2, 0) is 11.0 Å². The summed E-state index contributed by atoms with van der Waals surface area (Å²) in [5.74, 6) is -1.08. The Morgan fingerprint density at radius 3 is 2.52 bits per heavy atom. The maximum atomic E-state index is 13.0. The maximum Gasteiger partial charge on any atom is 0.416 e. The highest BCUT2D eigenvalue weighted by molar-refractivity contribution is 7.13. The summed E-state index contributed by atoms with van der Waals surface area (Å²) >= 11 is 1.26. The average Bonchev–Trinajstić information content (AvgIpc) is 3.04. The Morgan fingerprint density at radius 1 is 1.21 bits per heavy atom. The van der Waals surface area contributed by atoms with E-state index in [1.54, 1.807) is 12.3 Å². The van der Waals surface area contributed by atoms with Crippen LogP contribution in [0.15, 0.2) is 29.6 Å². The summed E-state index contributed by atoms with van der Waals surface area (Å²) in [4.78, 5) is 32.5. The molecule has 0 aliphatic rings. The van der Waals surface area contributed by atoms with E-state index in [0.717, 1.165) is 17.8 Å². The van der Waals surface area contributed by atoms with Gasteiger partial charge in [-0.25, -0.2) is 4.98 Å². The molecule has 0 saturated carbocycles. The number of amides is 2. The number of hydrogen-bond donors (Lipinski definition) is 1. The zero-order chi connectivity index (χ0) is 21.6. The summed E-state index contributed by atoms with van der Waals surface area (Å²) in [6.07, 6.45) is -3.98. The zero-order valence-electron chi connectivity index (χ0n) is 16.4. The quantitative estimate of drug-likeness (QED) is 0.699. The minimum Gasteiger partial charge on any atom is -0.329 e. The van der Waals surface area contributed by atoms with Crippen LogP contribution in [0.4, 0.5) is 18.3 Å². The van der Waals surface area contributed by atoms with Crippen molar-refractivity contribution in [2.45, 2.75) is 19.5 Å². The van der Waals surface area contributed by atoms with Crippen molar-refractivity contribution in [3.63, 3.8) is 0 Å². The van der Waals surface area contributed by atoms with Crippen LogP contribution in [0.2, 0.25) is 0 Å². The molecule has 10 heteroatoms. The number of carbonyl (C=O) groups excluding carboxylic acids is 2. The van der Waals surface area contributed by atoms with Crippen molar-refractivity contribution in [1.82, 2.24) is 14.8 Å². The molecule has 0 saturated heterocycles. The SMILES string of the molecule is Cc1csc(NC(=O)CN(CCCN(C)C)C(=O)c2cccc(C(F)(F)F)c2)n1. The van der Waals surface area contributed by atoms with Gasteiger partial charge >= 0.3 is 6.18 Å². The van der Waals surface area contributed by atoms with Crippen molar-refractivity contribution < 1.29 is 22.8 Å². The Hall–Kier alpha value is -2.46. The Kier molecular flexibility index (Phi) is 7.74. The first-order valence-electron chi connectivity index (χ1n) is 8.89. The van der Waals surface area contributed by atoms with Crippen LogP contribution in [0.1, 0.15) is 28.0 Å². The smallest absolute Gasteiger partial charge is 0.329 e. The first-order chi connectivity index (χ1) is 13.6. The van der Waals surface area contributed by atoms with Gasteiger partial charge in [-0.1, -0.05) is 6.07 Å². The Balaban J connectivity index is 2.15. The molecule has 0 spiro atoms. The van der Waals surface area contributed by atoms with E-state index in [1.165, 1.54) is 28.4 Å². The van der Waals surface area contributed by atoms with E-state index in [4.69, 9.17) is 0 Å². The number of alkyl halides is 3. The number of rotatable bonds is 8. The predicted molar refractivity (Wildman–Crippen MR) is 106 cm³/mol. The molecule has 2 aromatic rings. The van der Waals surface area contributed by atoms with Crippen molar-refractivity contribution in [2.75, 3.05) is 39.0 Å². The first-order valence-corrected chi connectivity index (χ1v) is 9.77. The number of nitrogens with zero attached hydrogens (tertiary/aromatic N) is 3. The Morgan fingerprint density at radius 2 is 1.93 bits per heavy atom. The molecule has 0 bridgehead atoms. The Bertz CT molecular complexity index is 852. The molecule has 158 valence electrons. The van der Waals surface area contributed by atoms with Crippen LogP contribution in [0.5, 0.6) is 0 Å². The number of aryl methyl sites for hydroxylation is 1. The van der Waals surface area contributed by atoms with E-state index < -0.39 is 23.6 Å². The van der Waals surface area contributed by atoms with Gasteiger partial charge in [-0.3, -0.25) is 9.59 Å². The van der Waals surface area contributed by atoms with Gasteiger partial charge in [0.2, 0.25) is 5.91 Å². The molecule has 0 unspecified atom stereocenters. The fraction of sp³-hybridized carbons (Fsp3) is 0.421. The molecule has 1 N–H and O–H groups in total. The van der Waals surface area contributed by atoms with Crippen molar-refractivity contribution in [1.29, 1.82) is 0 Å². The van der Waals surface area contributed by atoms with Crippen LogP contribution in [0, 0.1) is 6.92 Å². The highest BCUT2D eigenvalue weighted by Gasteiger charge is 2.31. The second-order valence-electron chi connectivity index (χ2n) is 6.80. The molecule has 0 aliphatic carbocycles. The molecule has 6 nitrogen and oxygen atoms in total. The molecule has 0 atom stereocenters. The van der Waals surface area contributed by atoms with E-state index in [-0.39, 0.29) is 18.7 Å². The van der Waals surface area contributed by atoms with Crippen molar-refractivity contribution in [2.24, 2.45) is 0 Å². The largest absolute Gasteiger partial charge is 0.416 e. The molecule has 0 aliphatic heterocycles. The van der Waals surface area contributed by atoms with Gasteiger partial charge in [0.25, 0.3) is 5.91 Å². The predicted octanol–water partition coefficient (Wildman–Crippen LogP) is 3.50. The second-order valence-corrected chi connectivity index (χ2v) is 7.66. The lowest BCUT2D eigenvalue weighted by molar-refractivity contribution is -0.137. The van der Waals surface area contributed by atoms with Crippen LogP contribution < -0.4 is 5.32 Å². The van der Waals surface area contributed by atoms with Crippen molar-refractivity contribution in [3.05, 3.63) is 46.5 Å². The molecule has 29 heavy (non-hydrogen) atoms. The summed E-state index contributed by atoms with van der Waals surface area (Å²) in [5, 5.41) is 4.80. The number of anilines is 1. The number of nitrogens with one attached hydrogen (secondary N) is 1. The standard InChI is InChI=1S/C19H23F3N4O2S/c1-13-12-29-18(23-13)24-16(27)11-26(9-5-8-25(2)3)17(28)14-6-4-7-15(10-14)19(20,21)22/h4,6-7,10,12H,5,8-9,11H2,1-3H3,(H,23,24,27). The number of benzene rings is 1. The number of carbonyl (C=O) groups is 2. The van der Waals surface area contributed by atoms with E-state index >= 15 is 0 Å². The van der Waals surface area contributed by atoms with E-state index in [1.807, 2.05) is 19.0 Å². The van der Waals surface area contributed by atoms with Crippen LogP contribution in [0.25, 0.3) is 0 Å². The summed E-state index contributed by atoms with van der Waals surface area (Å²) < 4.78 is 38.9. The van der Waals surface area contributed by atoms with Gasteiger partial charge in [0, 0.05) is 17.5 Å². The lowest BCUT2D eigenvalue weighted by Gasteiger charge is -2.23.